The van der Waals surface area contributed by atoms with E-state index in [9.17, 15) is 4.79 Å². The molecule has 0 aliphatic heterocycles. The number of para-hydroxylation sites is 2. The van der Waals surface area contributed by atoms with Gasteiger partial charge in [-0.1, -0.05) is 41.9 Å². The van der Waals surface area contributed by atoms with Gasteiger partial charge in [-0.15, -0.1) is 0 Å². The van der Waals surface area contributed by atoms with Crippen LogP contribution in [0.4, 0.5) is 0 Å². The number of carbonyl (C=O) groups excluding carboxylic acids is 1. The lowest BCUT2D eigenvalue weighted by molar-refractivity contribution is 0.0444. The molecule has 0 aliphatic carbocycles. The van der Waals surface area contributed by atoms with Crippen molar-refractivity contribution in [1.29, 1.82) is 0 Å². The van der Waals surface area contributed by atoms with E-state index >= 15 is 0 Å². The van der Waals surface area contributed by atoms with E-state index in [4.69, 9.17) is 25.8 Å². The largest absolute Gasteiger partial charge is 0.488 e. The summed E-state index contributed by atoms with van der Waals surface area (Å²) < 4.78 is 16.2. The Hall–Kier alpha value is -2.63. The normalized spacial score (nSPS) is 10.8. The van der Waals surface area contributed by atoms with E-state index in [0.29, 0.717) is 22.0 Å². The Labute approximate surface area is 162 Å². The fourth-order valence-electron chi connectivity index (χ4n) is 2.87. The van der Waals surface area contributed by atoms with Crippen molar-refractivity contribution in [3.63, 3.8) is 0 Å². The van der Waals surface area contributed by atoms with Gasteiger partial charge in [0.05, 0.1) is 28.4 Å². The molecule has 0 saturated heterocycles. The molecule has 1 heterocycles. The number of aromatic nitrogens is 1. The van der Waals surface area contributed by atoms with E-state index < -0.39 is 5.97 Å². The summed E-state index contributed by atoms with van der Waals surface area (Å²) in [6.07, 6.45) is 0. The van der Waals surface area contributed by atoms with Crippen LogP contribution in [0.15, 0.2) is 48.5 Å². The SMILES string of the molecule is COCc1nc2ccccc2c(C)c1C(=O)OCCOc1ccccc1Cl. The fourth-order valence-corrected chi connectivity index (χ4v) is 3.06. The van der Waals surface area contributed by atoms with Gasteiger partial charge in [0, 0.05) is 12.5 Å². The molecule has 0 unspecified atom stereocenters. The minimum atomic E-state index is -0.444. The van der Waals surface area contributed by atoms with Gasteiger partial charge in [-0.05, 0) is 30.7 Å². The van der Waals surface area contributed by atoms with Gasteiger partial charge in [-0.2, -0.15) is 0 Å². The molecule has 0 radical (unpaired) electrons. The number of fused-ring (bicyclic) bond motifs is 1. The van der Waals surface area contributed by atoms with Gasteiger partial charge in [0.15, 0.2) is 0 Å². The average Bonchev–Trinajstić information content (AvgIpc) is 2.67. The van der Waals surface area contributed by atoms with Crippen LogP contribution in [-0.2, 0) is 16.1 Å². The highest BCUT2D eigenvalue weighted by Crippen LogP contribution is 2.25. The summed E-state index contributed by atoms with van der Waals surface area (Å²) >= 11 is 6.04. The van der Waals surface area contributed by atoms with Gasteiger partial charge in [-0.3, -0.25) is 0 Å². The lowest BCUT2D eigenvalue weighted by Gasteiger charge is -2.14. The zero-order valence-electron chi connectivity index (χ0n) is 15.2. The second-order valence-electron chi connectivity index (χ2n) is 5.92. The molecule has 5 nitrogen and oxygen atoms in total. The predicted octanol–water partition coefficient (Wildman–Crippen LogP) is 4.58. The molecule has 0 aliphatic rings. The van der Waals surface area contributed by atoms with Crippen LogP contribution in [0, 0.1) is 6.92 Å². The van der Waals surface area contributed by atoms with Crippen LogP contribution in [0.2, 0.25) is 5.02 Å². The molecule has 3 aromatic rings. The van der Waals surface area contributed by atoms with Crippen molar-refractivity contribution in [2.75, 3.05) is 20.3 Å². The summed E-state index contributed by atoms with van der Waals surface area (Å²) in [6, 6.07) is 14.8. The van der Waals surface area contributed by atoms with Gasteiger partial charge in [0.1, 0.15) is 19.0 Å². The van der Waals surface area contributed by atoms with E-state index in [1.807, 2.05) is 43.3 Å². The summed E-state index contributed by atoms with van der Waals surface area (Å²) in [7, 11) is 1.57. The van der Waals surface area contributed by atoms with Gasteiger partial charge in [0.25, 0.3) is 0 Å². The molecule has 0 atom stereocenters. The lowest BCUT2D eigenvalue weighted by Crippen LogP contribution is -2.16. The number of ether oxygens (including phenoxy) is 3. The molecule has 140 valence electrons. The van der Waals surface area contributed by atoms with Crippen LogP contribution in [0.5, 0.6) is 5.75 Å². The molecule has 0 amide bonds. The summed E-state index contributed by atoms with van der Waals surface area (Å²) in [5.74, 6) is 0.111. The fraction of sp³-hybridized carbons (Fsp3) is 0.238. The number of esters is 1. The van der Waals surface area contributed by atoms with Crippen molar-refractivity contribution < 1.29 is 19.0 Å². The molecule has 0 saturated carbocycles. The van der Waals surface area contributed by atoms with Crippen LogP contribution in [-0.4, -0.2) is 31.3 Å². The summed E-state index contributed by atoms with van der Waals surface area (Å²) in [6.45, 7) is 2.42. The molecule has 0 bridgehead atoms. The Morgan fingerprint density at radius 3 is 2.59 bits per heavy atom. The molecule has 1 aromatic heterocycles. The number of halogens is 1. The quantitative estimate of drug-likeness (QED) is 0.440. The first-order valence-corrected chi connectivity index (χ1v) is 8.91. The molecule has 0 N–H and O–H groups in total. The average molecular weight is 386 g/mol. The number of carbonyl (C=O) groups is 1. The Kier molecular flexibility index (Phi) is 6.27. The second-order valence-corrected chi connectivity index (χ2v) is 6.33. The molecule has 27 heavy (non-hydrogen) atoms. The zero-order valence-corrected chi connectivity index (χ0v) is 16.0. The van der Waals surface area contributed by atoms with Crippen molar-refractivity contribution >= 4 is 28.5 Å². The van der Waals surface area contributed by atoms with Crippen molar-refractivity contribution in [3.8, 4) is 5.75 Å². The van der Waals surface area contributed by atoms with Gasteiger partial charge >= 0.3 is 5.97 Å². The number of rotatable bonds is 7. The number of benzene rings is 2. The molecule has 2 aromatic carbocycles. The van der Waals surface area contributed by atoms with Crippen LogP contribution >= 0.6 is 11.6 Å². The lowest BCUT2D eigenvalue weighted by atomic mass is 10.0. The zero-order chi connectivity index (χ0) is 19.2. The summed E-state index contributed by atoms with van der Waals surface area (Å²) in [5.41, 5.74) is 2.64. The van der Waals surface area contributed by atoms with E-state index in [2.05, 4.69) is 4.98 Å². The van der Waals surface area contributed by atoms with Gasteiger partial charge in [-0.25, -0.2) is 9.78 Å². The first kappa shape index (κ1) is 19.1. The Balaban J connectivity index is 1.73. The Morgan fingerprint density at radius 1 is 1.07 bits per heavy atom. The second kappa shape index (κ2) is 8.84. The van der Waals surface area contributed by atoms with Crippen LogP contribution in [0.1, 0.15) is 21.6 Å². The van der Waals surface area contributed by atoms with Crippen molar-refractivity contribution in [3.05, 3.63) is 70.4 Å². The maximum atomic E-state index is 12.7. The third-order valence-corrected chi connectivity index (χ3v) is 4.44. The van der Waals surface area contributed by atoms with Crippen molar-refractivity contribution in [2.24, 2.45) is 0 Å². The third kappa shape index (κ3) is 4.38. The maximum Gasteiger partial charge on any atom is 0.340 e. The van der Waals surface area contributed by atoms with E-state index in [1.165, 1.54) is 0 Å². The summed E-state index contributed by atoms with van der Waals surface area (Å²) in [5, 5.41) is 1.43. The number of aryl methyl sites for hydroxylation is 1. The third-order valence-electron chi connectivity index (χ3n) is 4.12. The molecular formula is C21H20ClNO4. The van der Waals surface area contributed by atoms with E-state index in [0.717, 1.165) is 16.5 Å². The highest BCUT2D eigenvalue weighted by atomic mass is 35.5. The molecular weight excluding hydrogens is 366 g/mol. The van der Waals surface area contributed by atoms with Crippen molar-refractivity contribution in [1.82, 2.24) is 4.98 Å². The highest BCUT2D eigenvalue weighted by molar-refractivity contribution is 6.32. The minimum absolute atomic E-state index is 0.0999. The molecule has 6 heteroatoms. The number of nitrogens with zero attached hydrogens (tertiary/aromatic N) is 1. The standard InChI is InChI=1S/C21H20ClNO4/c1-14-15-7-3-5-9-17(15)23-18(13-25-2)20(14)21(24)27-12-11-26-19-10-6-4-8-16(19)22/h3-10H,11-13H2,1-2H3. The van der Waals surface area contributed by atoms with Gasteiger partial charge in [0.2, 0.25) is 0 Å². The topological polar surface area (TPSA) is 57.7 Å². The number of pyridine rings is 1. The Bertz CT molecular complexity index is 958. The monoisotopic (exact) mass is 385 g/mol. The minimum Gasteiger partial charge on any atom is -0.488 e. The molecule has 0 spiro atoms. The van der Waals surface area contributed by atoms with Crippen LogP contribution in [0.25, 0.3) is 10.9 Å². The maximum absolute atomic E-state index is 12.7. The van der Waals surface area contributed by atoms with E-state index in [-0.39, 0.29) is 19.8 Å². The number of methoxy groups -OCH3 is 1. The van der Waals surface area contributed by atoms with Crippen LogP contribution in [0.3, 0.4) is 0 Å². The predicted molar refractivity (Wildman–Crippen MR) is 104 cm³/mol. The van der Waals surface area contributed by atoms with Gasteiger partial charge < -0.3 is 14.2 Å². The Morgan fingerprint density at radius 2 is 1.81 bits per heavy atom. The first-order valence-electron chi connectivity index (χ1n) is 8.53. The first-order chi connectivity index (χ1) is 13.1. The smallest absolute Gasteiger partial charge is 0.340 e. The van der Waals surface area contributed by atoms with E-state index in [1.54, 1.807) is 19.2 Å². The number of hydrogen-bond acceptors (Lipinski definition) is 5. The molecule has 3 rings (SSSR count). The molecule has 0 fully saturated rings. The summed E-state index contributed by atoms with van der Waals surface area (Å²) in [4.78, 5) is 17.2. The number of hydrogen-bond donors (Lipinski definition) is 0. The van der Waals surface area contributed by atoms with Crippen LogP contribution < -0.4 is 4.74 Å². The highest BCUT2D eigenvalue weighted by Gasteiger charge is 2.20. The van der Waals surface area contributed by atoms with Crippen molar-refractivity contribution in [2.45, 2.75) is 13.5 Å².